The number of benzene rings is 1. The summed E-state index contributed by atoms with van der Waals surface area (Å²) in [5, 5.41) is 0.672. The summed E-state index contributed by atoms with van der Waals surface area (Å²) < 4.78 is 0. The van der Waals surface area contributed by atoms with Crippen LogP contribution in [0.25, 0.3) is 0 Å². The fourth-order valence-electron chi connectivity index (χ4n) is 2.54. The van der Waals surface area contributed by atoms with Crippen molar-refractivity contribution in [3.63, 3.8) is 0 Å². The number of nitrogens with zero attached hydrogens (tertiary/aromatic N) is 2. The minimum absolute atomic E-state index is 0.134. The van der Waals surface area contributed by atoms with E-state index >= 15 is 0 Å². The molecule has 0 radical (unpaired) electrons. The van der Waals surface area contributed by atoms with E-state index in [0.29, 0.717) is 11.4 Å². The van der Waals surface area contributed by atoms with Gasteiger partial charge in [0.25, 0.3) is 0 Å². The number of amides is 1. The lowest BCUT2D eigenvalue weighted by atomic mass is 10.1. The van der Waals surface area contributed by atoms with Gasteiger partial charge in [-0.25, -0.2) is 0 Å². The van der Waals surface area contributed by atoms with Gasteiger partial charge >= 0.3 is 0 Å². The van der Waals surface area contributed by atoms with E-state index in [1.165, 1.54) is 32.4 Å². The van der Waals surface area contributed by atoms with Gasteiger partial charge in [0.15, 0.2) is 0 Å². The summed E-state index contributed by atoms with van der Waals surface area (Å²) in [6.07, 6.45) is 4.31. The third kappa shape index (κ3) is 4.50. The maximum absolute atomic E-state index is 12.2. The van der Waals surface area contributed by atoms with E-state index in [0.717, 1.165) is 18.7 Å². The predicted molar refractivity (Wildman–Crippen MR) is 83.1 cm³/mol. The highest BCUT2D eigenvalue weighted by Gasteiger charge is 2.14. The number of halogens is 1. The van der Waals surface area contributed by atoms with Crippen molar-refractivity contribution in [1.29, 1.82) is 0 Å². The number of hydrogen-bond donors (Lipinski definition) is 0. The summed E-state index contributed by atoms with van der Waals surface area (Å²) in [5.74, 6) is 0.134. The quantitative estimate of drug-likeness (QED) is 0.834. The Balaban J connectivity index is 1.78. The molecule has 0 saturated carbocycles. The Kier molecular flexibility index (Phi) is 5.86. The molecule has 1 heterocycles. The van der Waals surface area contributed by atoms with Crippen molar-refractivity contribution in [3.05, 3.63) is 34.9 Å². The third-order valence-corrected chi connectivity index (χ3v) is 4.29. The van der Waals surface area contributed by atoms with Crippen LogP contribution >= 0.6 is 11.6 Å². The molecule has 110 valence electrons. The number of likely N-dealkylation sites (tertiary alicyclic amines) is 1. The van der Waals surface area contributed by atoms with Gasteiger partial charge in [-0.1, -0.05) is 36.2 Å². The van der Waals surface area contributed by atoms with Gasteiger partial charge in [-0.3, -0.25) is 4.79 Å². The Labute approximate surface area is 126 Å². The summed E-state index contributed by atoms with van der Waals surface area (Å²) in [5.41, 5.74) is 0.906. The van der Waals surface area contributed by atoms with Crippen molar-refractivity contribution >= 4 is 17.5 Å². The maximum atomic E-state index is 12.2. The van der Waals surface area contributed by atoms with Crippen molar-refractivity contribution in [1.82, 2.24) is 9.80 Å². The SMILES string of the molecule is CN(CCN1CCCCC1)C(=O)Cc1ccccc1Cl. The van der Waals surface area contributed by atoms with Gasteiger partial charge in [0.2, 0.25) is 5.91 Å². The van der Waals surface area contributed by atoms with E-state index in [9.17, 15) is 4.79 Å². The fraction of sp³-hybridized carbons (Fsp3) is 0.562. The van der Waals surface area contributed by atoms with E-state index in [2.05, 4.69) is 4.90 Å². The van der Waals surface area contributed by atoms with Crippen molar-refractivity contribution in [2.75, 3.05) is 33.2 Å². The maximum Gasteiger partial charge on any atom is 0.226 e. The second-order valence-electron chi connectivity index (χ2n) is 5.49. The molecule has 20 heavy (non-hydrogen) atoms. The van der Waals surface area contributed by atoms with Gasteiger partial charge < -0.3 is 9.80 Å². The van der Waals surface area contributed by atoms with Crippen LogP contribution in [0.15, 0.2) is 24.3 Å². The monoisotopic (exact) mass is 294 g/mol. The summed E-state index contributed by atoms with van der Waals surface area (Å²) in [6.45, 7) is 4.12. The van der Waals surface area contributed by atoms with Gasteiger partial charge in [-0.15, -0.1) is 0 Å². The van der Waals surface area contributed by atoms with Crippen LogP contribution in [0.4, 0.5) is 0 Å². The molecule has 1 aliphatic heterocycles. The Morgan fingerprint density at radius 1 is 1.25 bits per heavy atom. The van der Waals surface area contributed by atoms with E-state index < -0.39 is 0 Å². The van der Waals surface area contributed by atoms with Gasteiger partial charge in [-0.2, -0.15) is 0 Å². The van der Waals surface area contributed by atoms with E-state index in [1.807, 2.05) is 36.2 Å². The van der Waals surface area contributed by atoms with Crippen LogP contribution in [0.1, 0.15) is 24.8 Å². The average Bonchev–Trinajstić information content (AvgIpc) is 2.48. The summed E-state index contributed by atoms with van der Waals surface area (Å²) in [6, 6.07) is 7.55. The number of piperidine rings is 1. The van der Waals surface area contributed by atoms with E-state index in [1.54, 1.807) is 0 Å². The topological polar surface area (TPSA) is 23.6 Å². The molecule has 0 aliphatic carbocycles. The van der Waals surface area contributed by atoms with Gasteiger partial charge in [0.1, 0.15) is 0 Å². The molecule has 4 heteroatoms. The first-order valence-corrected chi connectivity index (χ1v) is 7.74. The smallest absolute Gasteiger partial charge is 0.226 e. The second-order valence-corrected chi connectivity index (χ2v) is 5.89. The van der Waals surface area contributed by atoms with Crippen molar-refractivity contribution in [3.8, 4) is 0 Å². The zero-order valence-electron chi connectivity index (χ0n) is 12.1. The highest BCUT2D eigenvalue weighted by molar-refractivity contribution is 6.31. The van der Waals surface area contributed by atoms with Gasteiger partial charge in [-0.05, 0) is 37.6 Å². The first-order chi connectivity index (χ1) is 9.66. The van der Waals surface area contributed by atoms with Crippen LogP contribution < -0.4 is 0 Å². The number of carbonyl (C=O) groups excluding carboxylic acids is 1. The van der Waals surface area contributed by atoms with Crippen molar-refractivity contribution in [2.24, 2.45) is 0 Å². The number of likely N-dealkylation sites (N-methyl/N-ethyl adjacent to an activating group) is 1. The lowest BCUT2D eigenvalue weighted by Gasteiger charge is -2.28. The molecule has 0 atom stereocenters. The van der Waals surface area contributed by atoms with Gasteiger partial charge in [0, 0.05) is 25.2 Å². The molecule has 1 aromatic carbocycles. The van der Waals surface area contributed by atoms with Crippen LogP contribution in [0, 0.1) is 0 Å². The molecule has 2 rings (SSSR count). The van der Waals surface area contributed by atoms with Crippen LogP contribution in [0.5, 0.6) is 0 Å². The highest BCUT2D eigenvalue weighted by Crippen LogP contribution is 2.16. The van der Waals surface area contributed by atoms with Crippen LogP contribution in [-0.2, 0) is 11.2 Å². The average molecular weight is 295 g/mol. The molecule has 0 N–H and O–H groups in total. The molecule has 0 aromatic heterocycles. The molecule has 1 aliphatic rings. The molecular formula is C16H23ClN2O. The fourth-order valence-corrected chi connectivity index (χ4v) is 2.74. The molecule has 0 bridgehead atoms. The number of rotatable bonds is 5. The zero-order valence-corrected chi connectivity index (χ0v) is 12.9. The largest absolute Gasteiger partial charge is 0.344 e. The Hall–Kier alpha value is -1.06. The first kappa shape index (κ1) is 15.3. The first-order valence-electron chi connectivity index (χ1n) is 7.36. The molecule has 1 fully saturated rings. The minimum Gasteiger partial charge on any atom is -0.344 e. The lowest BCUT2D eigenvalue weighted by molar-refractivity contribution is -0.129. The molecule has 0 unspecified atom stereocenters. The second kappa shape index (κ2) is 7.65. The van der Waals surface area contributed by atoms with Crippen LogP contribution in [0.2, 0.25) is 5.02 Å². The van der Waals surface area contributed by atoms with E-state index in [4.69, 9.17) is 11.6 Å². The summed E-state index contributed by atoms with van der Waals surface area (Å²) in [4.78, 5) is 16.5. The molecule has 0 spiro atoms. The lowest BCUT2D eigenvalue weighted by Crippen LogP contribution is -2.39. The van der Waals surface area contributed by atoms with E-state index in [-0.39, 0.29) is 5.91 Å². The van der Waals surface area contributed by atoms with Crippen LogP contribution in [-0.4, -0.2) is 48.9 Å². The molecule has 1 amide bonds. The molecular weight excluding hydrogens is 272 g/mol. The minimum atomic E-state index is 0.134. The molecule has 1 saturated heterocycles. The van der Waals surface area contributed by atoms with Gasteiger partial charge in [0.05, 0.1) is 6.42 Å². The van der Waals surface area contributed by atoms with Crippen molar-refractivity contribution in [2.45, 2.75) is 25.7 Å². The third-order valence-electron chi connectivity index (χ3n) is 3.93. The molecule has 3 nitrogen and oxygen atoms in total. The predicted octanol–water partition coefficient (Wildman–Crippen LogP) is 2.83. The standard InChI is InChI=1S/C16H23ClN2O/c1-18(11-12-19-9-5-2-6-10-19)16(20)13-14-7-3-4-8-15(14)17/h3-4,7-8H,2,5-6,9-13H2,1H3. The Bertz CT molecular complexity index is 444. The Morgan fingerprint density at radius 3 is 2.65 bits per heavy atom. The number of hydrogen-bond acceptors (Lipinski definition) is 2. The normalized spacial score (nSPS) is 16.1. The number of carbonyl (C=O) groups is 1. The zero-order chi connectivity index (χ0) is 14.4. The Morgan fingerprint density at radius 2 is 1.95 bits per heavy atom. The van der Waals surface area contributed by atoms with Crippen LogP contribution in [0.3, 0.4) is 0 Å². The van der Waals surface area contributed by atoms with Crippen molar-refractivity contribution < 1.29 is 4.79 Å². The molecule has 1 aromatic rings. The summed E-state index contributed by atoms with van der Waals surface area (Å²) in [7, 11) is 1.88. The highest BCUT2D eigenvalue weighted by atomic mass is 35.5. The summed E-state index contributed by atoms with van der Waals surface area (Å²) >= 11 is 6.09.